The summed E-state index contributed by atoms with van der Waals surface area (Å²) in [4.78, 5) is 16.3. The minimum Gasteiger partial charge on any atom is -0.378 e. The predicted octanol–water partition coefficient (Wildman–Crippen LogP) is 0.950. The van der Waals surface area contributed by atoms with Crippen molar-refractivity contribution in [2.75, 3.05) is 20.2 Å². The average Bonchev–Trinajstić information content (AvgIpc) is 2.97. The Morgan fingerprint density at radius 3 is 2.95 bits per heavy atom. The second kappa shape index (κ2) is 6.85. The highest BCUT2D eigenvalue weighted by Gasteiger charge is 2.21. The first-order valence-corrected chi connectivity index (χ1v) is 7.54. The molecule has 7 nitrogen and oxygen atoms in total. The quantitative estimate of drug-likeness (QED) is 0.890. The van der Waals surface area contributed by atoms with E-state index in [1.807, 2.05) is 16.9 Å². The Bertz CT molecular complexity index is 658. The lowest BCUT2D eigenvalue weighted by molar-refractivity contribution is 0.171. The number of aromatic nitrogens is 4. The van der Waals surface area contributed by atoms with Crippen LogP contribution in [-0.4, -0.2) is 45.1 Å². The number of hydrogen-bond donors (Lipinski definition) is 1. The third-order valence-corrected chi connectivity index (χ3v) is 4.03. The van der Waals surface area contributed by atoms with Gasteiger partial charge in [-0.1, -0.05) is 5.21 Å². The van der Waals surface area contributed by atoms with Crippen molar-refractivity contribution >= 4 is 0 Å². The highest BCUT2D eigenvalue weighted by atomic mass is 16.5. The van der Waals surface area contributed by atoms with E-state index in [9.17, 15) is 4.79 Å². The molecule has 1 aliphatic rings. The molecule has 0 aliphatic carbocycles. The van der Waals surface area contributed by atoms with Gasteiger partial charge < -0.3 is 9.72 Å². The maximum Gasteiger partial charge on any atom is 0.248 e. The zero-order chi connectivity index (χ0) is 15.4. The molecule has 0 unspecified atom stereocenters. The summed E-state index contributed by atoms with van der Waals surface area (Å²) in [5.41, 5.74) is 1.89. The summed E-state index contributed by atoms with van der Waals surface area (Å²) in [6.07, 6.45) is 5.76. The van der Waals surface area contributed by atoms with E-state index in [1.54, 1.807) is 19.4 Å². The molecule has 2 aromatic rings. The summed E-state index contributed by atoms with van der Waals surface area (Å²) < 4.78 is 7.03. The van der Waals surface area contributed by atoms with Gasteiger partial charge in [-0.3, -0.25) is 9.69 Å². The van der Waals surface area contributed by atoms with E-state index < -0.39 is 0 Å². The van der Waals surface area contributed by atoms with Crippen LogP contribution in [0.4, 0.5) is 0 Å². The number of H-pyrrole nitrogens is 1. The van der Waals surface area contributed by atoms with E-state index >= 15 is 0 Å². The van der Waals surface area contributed by atoms with E-state index in [1.165, 1.54) is 0 Å². The molecule has 0 amide bonds. The Balaban J connectivity index is 1.54. The molecule has 1 N–H and O–H groups in total. The van der Waals surface area contributed by atoms with Gasteiger partial charge in [-0.15, -0.1) is 5.10 Å². The molecule has 1 fully saturated rings. The van der Waals surface area contributed by atoms with Crippen molar-refractivity contribution in [3.05, 3.63) is 46.1 Å². The molecule has 0 aromatic carbocycles. The van der Waals surface area contributed by atoms with Gasteiger partial charge in [0.15, 0.2) is 0 Å². The van der Waals surface area contributed by atoms with E-state index in [0.29, 0.717) is 12.6 Å². The molecule has 7 heteroatoms. The maximum absolute atomic E-state index is 11.3. The van der Waals surface area contributed by atoms with Gasteiger partial charge in [-0.25, -0.2) is 4.68 Å². The maximum atomic E-state index is 11.3. The molecular formula is C15H21N5O2. The number of aromatic amines is 1. The van der Waals surface area contributed by atoms with Crippen LogP contribution in [0, 0.1) is 0 Å². The number of nitrogens with zero attached hydrogens (tertiary/aromatic N) is 4. The van der Waals surface area contributed by atoms with Crippen LogP contribution in [0.25, 0.3) is 0 Å². The lowest BCUT2D eigenvalue weighted by atomic mass is 10.0. The van der Waals surface area contributed by atoms with Crippen molar-refractivity contribution in [1.29, 1.82) is 0 Å². The molecule has 22 heavy (non-hydrogen) atoms. The molecule has 2 aromatic heterocycles. The fraction of sp³-hybridized carbons (Fsp3) is 0.533. The smallest absolute Gasteiger partial charge is 0.248 e. The number of nitrogens with one attached hydrogen (secondary N) is 1. The van der Waals surface area contributed by atoms with Crippen LogP contribution in [0.15, 0.2) is 29.3 Å². The Morgan fingerprint density at radius 2 is 2.23 bits per heavy atom. The second-order valence-electron chi connectivity index (χ2n) is 5.69. The number of pyridine rings is 1. The first kappa shape index (κ1) is 14.9. The molecule has 0 radical (unpaired) electrons. The third kappa shape index (κ3) is 3.61. The van der Waals surface area contributed by atoms with Gasteiger partial charge in [-0.05, 0) is 24.5 Å². The molecular weight excluding hydrogens is 282 g/mol. The van der Waals surface area contributed by atoms with Crippen molar-refractivity contribution in [3.8, 4) is 0 Å². The molecule has 3 heterocycles. The molecule has 118 valence electrons. The molecule has 0 bridgehead atoms. The van der Waals surface area contributed by atoms with Crippen molar-refractivity contribution < 1.29 is 4.74 Å². The van der Waals surface area contributed by atoms with Crippen molar-refractivity contribution in [1.82, 2.24) is 24.9 Å². The Hall–Kier alpha value is -1.99. The zero-order valence-electron chi connectivity index (χ0n) is 12.7. The van der Waals surface area contributed by atoms with Gasteiger partial charge in [0.2, 0.25) is 5.56 Å². The van der Waals surface area contributed by atoms with E-state index in [0.717, 1.165) is 43.7 Å². The van der Waals surface area contributed by atoms with Crippen LogP contribution >= 0.6 is 0 Å². The highest BCUT2D eigenvalue weighted by Crippen LogP contribution is 2.22. The standard InChI is InChI=1S/C15H21N5O2/c1-22-11-13-10-20(18-17-13)14-3-6-19(7-4-14)9-12-2-5-16-15(21)8-12/h2,5,8,10,14H,3-4,6-7,9,11H2,1H3,(H,16,21). The Labute approximate surface area is 128 Å². The number of methoxy groups -OCH3 is 1. The second-order valence-corrected chi connectivity index (χ2v) is 5.69. The van der Waals surface area contributed by atoms with Gasteiger partial charge in [0.25, 0.3) is 0 Å². The Kier molecular flexibility index (Phi) is 4.65. The van der Waals surface area contributed by atoms with E-state index in [4.69, 9.17) is 4.74 Å². The summed E-state index contributed by atoms with van der Waals surface area (Å²) in [7, 11) is 1.66. The fourth-order valence-electron chi connectivity index (χ4n) is 2.89. The van der Waals surface area contributed by atoms with E-state index in [-0.39, 0.29) is 5.56 Å². The Morgan fingerprint density at radius 1 is 1.41 bits per heavy atom. The average molecular weight is 303 g/mol. The van der Waals surface area contributed by atoms with Gasteiger partial charge in [0.1, 0.15) is 5.69 Å². The van der Waals surface area contributed by atoms with Gasteiger partial charge in [0.05, 0.1) is 18.8 Å². The van der Waals surface area contributed by atoms with Crippen LogP contribution in [0.1, 0.15) is 30.1 Å². The number of hydrogen-bond acceptors (Lipinski definition) is 5. The first-order chi connectivity index (χ1) is 10.7. The van der Waals surface area contributed by atoms with Crippen LogP contribution in [0.3, 0.4) is 0 Å². The summed E-state index contributed by atoms with van der Waals surface area (Å²) in [5, 5.41) is 8.32. The van der Waals surface area contributed by atoms with Gasteiger partial charge in [0, 0.05) is 39.0 Å². The zero-order valence-corrected chi connectivity index (χ0v) is 12.7. The number of ether oxygens (including phenoxy) is 1. The van der Waals surface area contributed by atoms with Crippen molar-refractivity contribution in [2.45, 2.75) is 32.0 Å². The summed E-state index contributed by atoms with van der Waals surface area (Å²) in [5.74, 6) is 0. The molecule has 0 saturated carbocycles. The fourth-order valence-corrected chi connectivity index (χ4v) is 2.89. The van der Waals surface area contributed by atoms with Crippen LogP contribution in [-0.2, 0) is 17.9 Å². The number of rotatable bonds is 5. The number of piperidine rings is 1. The van der Waals surface area contributed by atoms with Crippen LogP contribution in [0.2, 0.25) is 0 Å². The molecule has 1 aliphatic heterocycles. The SMILES string of the molecule is COCc1cn(C2CCN(Cc3cc[nH]c(=O)c3)CC2)nn1. The summed E-state index contributed by atoms with van der Waals surface area (Å²) >= 11 is 0. The lowest BCUT2D eigenvalue weighted by Crippen LogP contribution is -2.34. The highest BCUT2D eigenvalue weighted by molar-refractivity contribution is 5.09. The van der Waals surface area contributed by atoms with E-state index in [2.05, 4.69) is 20.2 Å². The normalized spacial score (nSPS) is 17.0. The minimum atomic E-state index is -0.0410. The van der Waals surface area contributed by atoms with Crippen LogP contribution < -0.4 is 5.56 Å². The summed E-state index contributed by atoms with van der Waals surface area (Å²) in [6.45, 7) is 3.32. The summed E-state index contributed by atoms with van der Waals surface area (Å²) in [6, 6.07) is 4.02. The lowest BCUT2D eigenvalue weighted by Gasteiger charge is -2.31. The topological polar surface area (TPSA) is 76.0 Å². The predicted molar refractivity (Wildman–Crippen MR) is 81.3 cm³/mol. The largest absolute Gasteiger partial charge is 0.378 e. The molecule has 0 spiro atoms. The minimum absolute atomic E-state index is 0.0410. The van der Waals surface area contributed by atoms with Gasteiger partial charge in [-0.2, -0.15) is 0 Å². The van der Waals surface area contributed by atoms with Crippen LogP contribution in [0.5, 0.6) is 0 Å². The number of likely N-dealkylation sites (tertiary alicyclic amines) is 1. The third-order valence-electron chi connectivity index (χ3n) is 4.03. The van der Waals surface area contributed by atoms with Crippen molar-refractivity contribution in [3.63, 3.8) is 0 Å². The molecule has 0 atom stereocenters. The van der Waals surface area contributed by atoms with Crippen molar-refractivity contribution in [2.24, 2.45) is 0 Å². The molecule has 1 saturated heterocycles. The first-order valence-electron chi connectivity index (χ1n) is 7.54. The monoisotopic (exact) mass is 303 g/mol. The van der Waals surface area contributed by atoms with Gasteiger partial charge >= 0.3 is 0 Å². The molecule has 3 rings (SSSR count).